The van der Waals surface area contributed by atoms with Crippen LogP contribution in [0.4, 0.5) is 11.6 Å². The Bertz CT molecular complexity index is 1210. The van der Waals surface area contributed by atoms with Crippen LogP contribution >= 0.6 is 0 Å². The molecule has 36 heavy (non-hydrogen) atoms. The lowest BCUT2D eigenvalue weighted by Crippen LogP contribution is -2.26. The zero-order valence-electron chi connectivity index (χ0n) is 21.1. The van der Waals surface area contributed by atoms with Crippen molar-refractivity contribution in [2.24, 2.45) is 5.92 Å². The fourth-order valence-corrected chi connectivity index (χ4v) is 4.63. The topological polar surface area (TPSA) is 113 Å². The molecule has 0 radical (unpaired) electrons. The van der Waals surface area contributed by atoms with E-state index in [9.17, 15) is 9.90 Å². The van der Waals surface area contributed by atoms with E-state index in [0.717, 1.165) is 80.0 Å². The number of anilines is 2. The summed E-state index contributed by atoms with van der Waals surface area (Å²) in [4.78, 5) is 17.5. The quantitative estimate of drug-likeness (QED) is 0.342. The lowest BCUT2D eigenvalue weighted by molar-refractivity contribution is 0.0699. The fraction of sp³-hybridized carbons (Fsp3) is 0.519. The van der Waals surface area contributed by atoms with Crippen LogP contribution in [-0.4, -0.2) is 64.1 Å². The first-order valence-corrected chi connectivity index (χ1v) is 13.1. The number of rotatable bonds is 10. The van der Waals surface area contributed by atoms with Gasteiger partial charge in [-0.2, -0.15) is 9.61 Å². The molecule has 1 aromatic carbocycles. The van der Waals surface area contributed by atoms with Gasteiger partial charge in [-0.3, -0.25) is 4.79 Å². The van der Waals surface area contributed by atoms with Crippen molar-refractivity contribution in [1.29, 1.82) is 0 Å². The van der Waals surface area contributed by atoms with Crippen molar-refractivity contribution in [2.45, 2.75) is 58.0 Å². The first kappa shape index (κ1) is 24.5. The van der Waals surface area contributed by atoms with Gasteiger partial charge >= 0.3 is 0 Å². The molecule has 2 aliphatic rings. The molecule has 9 nitrogen and oxygen atoms in total. The second kappa shape index (κ2) is 10.8. The molecule has 2 aromatic heterocycles. The minimum absolute atomic E-state index is 0.0137. The van der Waals surface area contributed by atoms with E-state index in [1.54, 1.807) is 0 Å². The molecule has 1 amide bonds. The average molecular weight is 493 g/mol. The number of carbonyl (C=O) groups is 1. The van der Waals surface area contributed by atoms with Gasteiger partial charge in [-0.1, -0.05) is 19.1 Å². The van der Waals surface area contributed by atoms with Crippen LogP contribution in [0.2, 0.25) is 0 Å². The molecule has 5 rings (SSSR count). The molecule has 1 saturated heterocycles. The number of aryl methyl sites for hydroxylation is 1. The first-order valence-electron chi connectivity index (χ1n) is 13.1. The molecule has 2 fully saturated rings. The number of carbonyl (C=O) groups excluding carboxylic acids is 1. The van der Waals surface area contributed by atoms with Gasteiger partial charge in [0.05, 0.1) is 18.8 Å². The smallest absolute Gasteiger partial charge is 0.251 e. The van der Waals surface area contributed by atoms with Gasteiger partial charge in [-0.15, -0.1) is 0 Å². The Labute approximate surface area is 211 Å². The molecule has 9 heteroatoms. The predicted octanol–water partition coefficient (Wildman–Crippen LogP) is 3.62. The maximum atomic E-state index is 12.6. The molecule has 1 atom stereocenters. The molecule has 3 aromatic rings. The molecule has 1 saturated carbocycles. The number of nitrogens with zero attached hydrogens (tertiary/aromatic N) is 3. The summed E-state index contributed by atoms with van der Waals surface area (Å²) in [6.45, 7) is 6.47. The highest BCUT2D eigenvalue weighted by atomic mass is 16.5. The highest BCUT2D eigenvalue weighted by Crippen LogP contribution is 2.30. The number of hydrogen-bond acceptors (Lipinski definition) is 7. The zero-order valence-corrected chi connectivity index (χ0v) is 21.1. The standard InChI is InChI=1S/C27H36N6O3/c1-3-20(16-34)30-24-13-25(28-14-18-8-10-36-11-9-18)33-26(32-24)23(15-29-33)19-4-7-22(17(2)12-19)27(35)31-21-5-6-21/h4,7,12-13,15,18,20-21,28,34H,3,5-6,8-11,14,16H2,1-2H3,(H,30,32)(H,31,35)/t20-/m0/s1. The highest BCUT2D eigenvalue weighted by molar-refractivity contribution is 5.97. The highest BCUT2D eigenvalue weighted by Gasteiger charge is 2.25. The van der Waals surface area contributed by atoms with Crippen LogP contribution in [0.5, 0.6) is 0 Å². The van der Waals surface area contributed by atoms with Crippen LogP contribution in [0, 0.1) is 12.8 Å². The van der Waals surface area contributed by atoms with Gasteiger partial charge in [0.15, 0.2) is 5.65 Å². The third-order valence-corrected chi connectivity index (χ3v) is 7.14. The number of ether oxygens (including phenoxy) is 1. The first-order chi connectivity index (χ1) is 17.6. The Morgan fingerprint density at radius 2 is 2.03 bits per heavy atom. The molecule has 1 aliphatic heterocycles. The van der Waals surface area contributed by atoms with Crippen LogP contribution < -0.4 is 16.0 Å². The van der Waals surface area contributed by atoms with Crippen LogP contribution in [0.15, 0.2) is 30.5 Å². The second-order valence-corrected chi connectivity index (χ2v) is 9.97. The Hall–Kier alpha value is -3.17. The second-order valence-electron chi connectivity index (χ2n) is 9.97. The van der Waals surface area contributed by atoms with Crippen molar-refractivity contribution >= 4 is 23.2 Å². The van der Waals surface area contributed by atoms with E-state index in [-0.39, 0.29) is 18.6 Å². The SMILES string of the molecule is CC[C@@H](CO)Nc1cc(NCC2CCOCC2)n2ncc(-c3ccc(C(=O)NC4CC4)c(C)c3)c2n1. The van der Waals surface area contributed by atoms with Crippen LogP contribution in [0.3, 0.4) is 0 Å². The lowest BCUT2D eigenvalue weighted by Gasteiger charge is -2.23. The molecule has 3 heterocycles. The van der Waals surface area contributed by atoms with Gasteiger partial charge in [0, 0.05) is 43.0 Å². The van der Waals surface area contributed by atoms with Gasteiger partial charge in [0.2, 0.25) is 0 Å². The van der Waals surface area contributed by atoms with Gasteiger partial charge in [0.1, 0.15) is 11.6 Å². The summed E-state index contributed by atoms with van der Waals surface area (Å²) >= 11 is 0. The summed E-state index contributed by atoms with van der Waals surface area (Å²) in [6.07, 6.45) is 6.82. The number of aliphatic hydroxyl groups is 1. The van der Waals surface area contributed by atoms with E-state index in [2.05, 4.69) is 21.0 Å². The molecule has 192 valence electrons. The van der Waals surface area contributed by atoms with Gasteiger partial charge in [-0.05, 0) is 62.1 Å². The summed E-state index contributed by atoms with van der Waals surface area (Å²) in [5.41, 5.74) is 4.19. The molecular formula is C27H36N6O3. The number of aliphatic hydroxyl groups excluding tert-OH is 1. The third-order valence-electron chi connectivity index (χ3n) is 7.14. The van der Waals surface area contributed by atoms with E-state index in [4.69, 9.17) is 9.72 Å². The maximum absolute atomic E-state index is 12.6. The lowest BCUT2D eigenvalue weighted by atomic mass is 10.0. The molecular weight excluding hydrogens is 456 g/mol. The maximum Gasteiger partial charge on any atom is 0.251 e. The molecule has 0 spiro atoms. The van der Waals surface area contributed by atoms with Crippen LogP contribution in [-0.2, 0) is 4.74 Å². The summed E-state index contributed by atoms with van der Waals surface area (Å²) in [6, 6.07) is 8.07. The largest absolute Gasteiger partial charge is 0.394 e. The van der Waals surface area contributed by atoms with Crippen LogP contribution in [0.25, 0.3) is 16.8 Å². The Kier molecular flexibility index (Phi) is 7.38. The van der Waals surface area contributed by atoms with Gasteiger partial charge < -0.3 is 25.8 Å². The van der Waals surface area contributed by atoms with Crippen molar-refractivity contribution in [3.63, 3.8) is 0 Å². The number of nitrogens with one attached hydrogen (secondary N) is 3. The van der Waals surface area contributed by atoms with Crippen molar-refractivity contribution in [3.8, 4) is 11.1 Å². The van der Waals surface area contributed by atoms with Crippen molar-refractivity contribution in [1.82, 2.24) is 19.9 Å². The molecule has 0 bridgehead atoms. The third kappa shape index (κ3) is 5.47. The van der Waals surface area contributed by atoms with Crippen LogP contribution in [0.1, 0.15) is 54.9 Å². The summed E-state index contributed by atoms with van der Waals surface area (Å²) < 4.78 is 7.34. The van der Waals surface area contributed by atoms with E-state index in [1.165, 1.54) is 0 Å². The van der Waals surface area contributed by atoms with Crippen molar-refractivity contribution in [3.05, 3.63) is 41.6 Å². The van der Waals surface area contributed by atoms with Gasteiger partial charge in [-0.25, -0.2) is 4.98 Å². The monoisotopic (exact) mass is 492 g/mol. The summed E-state index contributed by atoms with van der Waals surface area (Å²) in [5, 5.41) is 24.4. The molecule has 0 unspecified atom stereocenters. The molecule has 1 aliphatic carbocycles. The number of benzene rings is 1. The van der Waals surface area contributed by atoms with E-state index < -0.39 is 0 Å². The number of hydrogen-bond donors (Lipinski definition) is 4. The van der Waals surface area contributed by atoms with Crippen molar-refractivity contribution in [2.75, 3.05) is 37.0 Å². The number of fused-ring (bicyclic) bond motifs is 1. The number of amides is 1. The Morgan fingerprint density at radius 3 is 2.72 bits per heavy atom. The van der Waals surface area contributed by atoms with Gasteiger partial charge in [0.25, 0.3) is 5.91 Å². The normalized spacial score (nSPS) is 17.2. The summed E-state index contributed by atoms with van der Waals surface area (Å²) in [7, 11) is 0. The predicted molar refractivity (Wildman–Crippen MR) is 140 cm³/mol. The van der Waals surface area contributed by atoms with E-state index in [0.29, 0.717) is 23.3 Å². The van der Waals surface area contributed by atoms with Crippen molar-refractivity contribution < 1.29 is 14.6 Å². The number of aromatic nitrogens is 3. The minimum atomic E-state index is -0.0822. The summed E-state index contributed by atoms with van der Waals surface area (Å²) in [5.74, 6) is 2.08. The fourth-order valence-electron chi connectivity index (χ4n) is 4.63. The Morgan fingerprint density at radius 1 is 1.22 bits per heavy atom. The van der Waals surface area contributed by atoms with E-state index >= 15 is 0 Å². The average Bonchev–Trinajstić information content (AvgIpc) is 3.61. The Balaban J connectivity index is 1.47. The molecule has 4 N–H and O–H groups in total. The van der Waals surface area contributed by atoms with E-state index in [1.807, 2.05) is 48.8 Å². The minimum Gasteiger partial charge on any atom is -0.394 e. The zero-order chi connectivity index (χ0) is 25.1.